The van der Waals surface area contributed by atoms with Crippen LogP contribution in [0.4, 0.5) is 0 Å². The normalized spacial score (nSPS) is 10.2. The van der Waals surface area contributed by atoms with Gasteiger partial charge in [-0.25, -0.2) is 4.98 Å². The molecule has 0 aliphatic heterocycles. The molecule has 0 bridgehead atoms. The zero-order valence-electron chi connectivity index (χ0n) is 9.94. The number of nitrogens with zero attached hydrogens (tertiary/aromatic N) is 3. The van der Waals surface area contributed by atoms with Gasteiger partial charge in [0.05, 0.1) is 11.3 Å². The van der Waals surface area contributed by atoms with Crippen molar-refractivity contribution >= 4 is 0 Å². The van der Waals surface area contributed by atoms with E-state index in [0.29, 0.717) is 5.56 Å². The molecule has 0 aliphatic carbocycles. The SMILES string of the molecule is CNCc1ccc(-n2ccnc2C)c(C#N)c1. The van der Waals surface area contributed by atoms with Gasteiger partial charge < -0.3 is 9.88 Å². The Morgan fingerprint density at radius 3 is 2.88 bits per heavy atom. The topological polar surface area (TPSA) is 53.6 Å². The molecule has 1 N–H and O–H groups in total. The third kappa shape index (κ3) is 2.19. The minimum Gasteiger partial charge on any atom is -0.316 e. The van der Waals surface area contributed by atoms with Crippen molar-refractivity contribution in [3.05, 3.63) is 47.5 Å². The van der Waals surface area contributed by atoms with E-state index in [0.717, 1.165) is 23.6 Å². The van der Waals surface area contributed by atoms with Crippen molar-refractivity contribution in [2.75, 3.05) is 7.05 Å². The van der Waals surface area contributed by atoms with Gasteiger partial charge in [0.1, 0.15) is 11.9 Å². The monoisotopic (exact) mass is 226 g/mol. The van der Waals surface area contributed by atoms with Crippen LogP contribution in [0.5, 0.6) is 0 Å². The highest BCUT2D eigenvalue weighted by atomic mass is 15.1. The Balaban J connectivity index is 2.49. The number of hydrogen-bond acceptors (Lipinski definition) is 3. The summed E-state index contributed by atoms with van der Waals surface area (Å²) >= 11 is 0. The molecule has 1 aromatic heterocycles. The minimum atomic E-state index is 0.666. The molecule has 0 saturated carbocycles. The fourth-order valence-electron chi connectivity index (χ4n) is 1.83. The predicted molar refractivity (Wildman–Crippen MR) is 65.8 cm³/mol. The van der Waals surface area contributed by atoms with Gasteiger partial charge in [0, 0.05) is 18.9 Å². The molecule has 2 aromatic rings. The molecule has 1 heterocycles. The van der Waals surface area contributed by atoms with E-state index in [2.05, 4.69) is 16.4 Å². The lowest BCUT2D eigenvalue weighted by atomic mass is 10.1. The van der Waals surface area contributed by atoms with Gasteiger partial charge in [-0.3, -0.25) is 0 Å². The Morgan fingerprint density at radius 2 is 2.29 bits per heavy atom. The number of imidazole rings is 1. The molecule has 86 valence electrons. The Hall–Kier alpha value is -2.12. The molecule has 0 atom stereocenters. The summed E-state index contributed by atoms with van der Waals surface area (Å²) in [5, 5.41) is 12.3. The predicted octanol–water partition coefficient (Wildman–Crippen LogP) is 1.77. The van der Waals surface area contributed by atoms with Gasteiger partial charge in [0.25, 0.3) is 0 Å². The highest BCUT2D eigenvalue weighted by molar-refractivity contribution is 5.51. The van der Waals surface area contributed by atoms with Gasteiger partial charge in [0.15, 0.2) is 0 Å². The van der Waals surface area contributed by atoms with Crippen LogP contribution in [0.2, 0.25) is 0 Å². The lowest BCUT2D eigenvalue weighted by Gasteiger charge is -2.09. The summed E-state index contributed by atoms with van der Waals surface area (Å²) in [4.78, 5) is 4.17. The highest BCUT2D eigenvalue weighted by Gasteiger charge is 2.07. The van der Waals surface area contributed by atoms with E-state index in [9.17, 15) is 5.26 Å². The largest absolute Gasteiger partial charge is 0.316 e. The van der Waals surface area contributed by atoms with Crippen molar-refractivity contribution in [2.24, 2.45) is 0 Å². The molecule has 0 aliphatic rings. The van der Waals surface area contributed by atoms with Crippen LogP contribution >= 0.6 is 0 Å². The van der Waals surface area contributed by atoms with Crippen molar-refractivity contribution in [3.8, 4) is 11.8 Å². The third-order valence-electron chi connectivity index (χ3n) is 2.65. The molecule has 2 rings (SSSR count). The lowest BCUT2D eigenvalue weighted by molar-refractivity contribution is 0.816. The summed E-state index contributed by atoms with van der Waals surface area (Å²) < 4.78 is 1.92. The summed E-state index contributed by atoms with van der Waals surface area (Å²) in [7, 11) is 1.89. The van der Waals surface area contributed by atoms with Crippen LogP contribution in [0.15, 0.2) is 30.6 Å². The van der Waals surface area contributed by atoms with Crippen molar-refractivity contribution in [1.82, 2.24) is 14.9 Å². The maximum Gasteiger partial charge on any atom is 0.110 e. The van der Waals surface area contributed by atoms with E-state index in [4.69, 9.17) is 0 Å². The van der Waals surface area contributed by atoms with Crippen molar-refractivity contribution < 1.29 is 0 Å². The molecule has 0 fully saturated rings. The summed E-state index contributed by atoms with van der Waals surface area (Å²) in [5.41, 5.74) is 2.65. The molecule has 0 amide bonds. The summed E-state index contributed by atoms with van der Waals surface area (Å²) in [6.07, 6.45) is 3.60. The Labute approximate surface area is 101 Å². The first-order chi connectivity index (χ1) is 8.26. The Bertz CT molecular complexity index is 563. The van der Waals surface area contributed by atoms with Crippen LogP contribution in [-0.4, -0.2) is 16.6 Å². The van der Waals surface area contributed by atoms with Crippen LogP contribution in [0.25, 0.3) is 5.69 Å². The maximum absolute atomic E-state index is 9.20. The second-order valence-corrected chi connectivity index (χ2v) is 3.84. The van der Waals surface area contributed by atoms with Crippen LogP contribution in [-0.2, 0) is 6.54 Å². The molecule has 0 radical (unpaired) electrons. The summed E-state index contributed by atoms with van der Waals surface area (Å²) in [6, 6.07) is 8.12. The van der Waals surface area contributed by atoms with Gasteiger partial charge in [-0.05, 0) is 31.7 Å². The van der Waals surface area contributed by atoms with E-state index >= 15 is 0 Å². The standard InChI is InChI=1S/C13H14N4/c1-10-16-5-6-17(10)13-4-3-11(9-15-2)7-12(13)8-14/h3-7,15H,9H2,1-2H3. The van der Waals surface area contributed by atoms with E-state index in [-0.39, 0.29) is 0 Å². The second kappa shape index (κ2) is 4.81. The Morgan fingerprint density at radius 1 is 1.47 bits per heavy atom. The lowest BCUT2D eigenvalue weighted by Crippen LogP contribution is -2.06. The van der Waals surface area contributed by atoms with Crippen molar-refractivity contribution in [1.29, 1.82) is 5.26 Å². The summed E-state index contributed by atoms with van der Waals surface area (Å²) in [5.74, 6) is 0.878. The minimum absolute atomic E-state index is 0.666. The maximum atomic E-state index is 9.20. The number of nitrogens with one attached hydrogen (secondary N) is 1. The van der Waals surface area contributed by atoms with Crippen LogP contribution in [0.3, 0.4) is 0 Å². The number of rotatable bonds is 3. The Kier molecular flexibility index (Phi) is 3.22. The van der Waals surface area contributed by atoms with Gasteiger partial charge in [-0.15, -0.1) is 0 Å². The van der Waals surface area contributed by atoms with Crippen LogP contribution in [0, 0.1) is 18.3 Å². The molecule has 0 saturated heterocycles. The van der Waals surface area contributed by atoms with Gasteiger partial charge >= 0.3 is 0 Å². The van der Waals surface area contributed by atoms with Crippen molar-refractivity contribution in [3.63, 3.8) is 0 Å². The van der Waals surface area contributed by atoms with E-state index in [1.54, 1.807) is 6.20 Å². The molecule has 0 unspecified atom stereocenters. The first-order valence-electron chi connectivity index (χ1n) is 5.44. The third-order valence-corrected chi connectivity index (χ3v) is 2.65. The molecule has 0 spiro atoms. The molecular formula is C13H14N4. The molecule has 4 heteroatoms. The average Bonchev–Trinajstić information content (AvgIpc) is 2.76. The molecule has 1 aromatic carbocycles. The number of aromatic nitrogens is 2. The van der Waals surface area contributed by atoms with Gasteiger partial charge in [-0.2, -0.15) is 5.26 Å². The summed E-state index contributed by atoms with van der Waals surface area (Å²) in [6.45, 7) is 2.68. The van der Waals surface area contributed by atoms with E-state index in [1.807, 2.05) is 42.9 Å². The average molecular weight is 226 g/mol. The quantitative estimate of drug-likeness (QED) is 0.867. The molecular weight excluding hydrogens is 212 g/mol. The second-order valence-electron chi connectivity index (χ2n) is 3.84. The van der Waals surface area contributed by atoms with Gasteiger partial charge in [0.2, 0.25) is 0 Å². The highest BCUT2D eigenvalue weighted by Crippen LogP contribution is 2.17. The van der Waals surface area contributed by atoms with Crippen LogP contribution < -0.4 is 5.32 Å². The zero-order chi connectivity index (χ0) is 12.3. The first kappa shape index (κ1) is 11.4. The fraction of sp³-hybridized carbons (Fsp3) is 0.231. The van der Waals surface area contributed by atoms with E-state index in [1.165, 1.54) is 0 Å². The molecule has 17 heavy (non-hydrogen) atoms. The van der Waals surface area contributed by atoms with Gasteiger partial charge in [-0.1, -0.05) is 6.07 Å². The first-order valence-corrected chi connectivity index (χ1v) is 5.44. The van der Waals surface area contributed by atoms with E-state index < -0.39 is 0 Å². The fourth-order valence-corrected chi connectivity index (χ4v) is 1.83. The zero-order valence-corrected chi connectivity index (χ0v) is 9.94. The smallest absolute Gasteiger partial charge is 0.110 e. The van der Waals surface area contributed by atoms with Crippen molar-refractivity contribution in [2.45, 2.75) is 13.5 Å². The number of hydrogen-bond donors (Lipinski definition) is 1. The molecule has 4 nitrogen and oxygen atoms in total. The number of aryl methyl sites for hydroxylation is 1. The number of nitriles is 1. The van der Waals surface area contributed by atoms with Crippen LogP contribution in [0.1, 0.15) is 17.0 Å². The number of benzene rings is 1.